The minimum absolute atomic E-state index is 0.0501. The van der Waals surface area contributed by atoms with E-state index in [9.17, 15) is 22.8 Å². The van der Waals surface area contributed by atoms with Gasteiger partial charge < -0.3 is 10.1 Å². The van der Waals surface area contributed by atoms with Crippen LogP contribution in [-0.4, -0.2) is 37.7 Å². The van der Waals surface area contributed by atoms with Gasteiger partial charge in [0.15, 0.2) is 0 Å². The molecule has 0 bridgehead atoms. The second kappa shape index (κ2) is 9.92. The molecule has 27 heavy (non-hydrogen) atoms. The molecule has 0 aliphatic rings. The Morgan fingerprint density at radius 1 is 1.22 bits per heavy atom. The third kappa shape index (κ3) is 6.90. The minimum Gasteiger partial charge on any atom is -0.465 e. The average Bonchev–Trinajstić information content (AvgIpc) is 2.61. The molecule has 0 aliphatic heterocycles. The van der Waals surface area contributed by atoms with Gasteiger partial charge in [-0.1, -0.05) is 26.0 Å². The Hall–Kier alpha value is -2.60. The van der Waals surface area contributed by atoms with E-state index in [2.05, 4.69) is 15.4 Å². The molecule has 9 heteroatoms. The Kier molecular flexibility index (Phi) is 8.25. The Morgan fingerprint density at radius 3 is 2.26 bits per heavy atom. The highest BCUT2D eigenvalue weighted by molar-refractivity contribution is 5.89. The number of rotatable bonds is 8. The highest BCUT2D eigenvalue weighted by Gasteiger charge is 2.42. The molecule has 148 valence electrons. The molecule has 0 radical (unpaired) electrons. The lowest BCUT2D eigenvalue weighted by Gasteiger charge is -2.28. The van der Waals surface area contributed by atoms with Gasteiger partial charge in [0, 0.05) is 0 Å². The highest BCUT2D eigenvalue weighted by atomic mass is 19.4. The number of hydrogen-bond donors (Lipinski definition) is 2. The summed E-state index contributed by atoms with van der Waals surface area (Å²) in [5, 5.41) is 13.2. The van der Waals surface area contributed by atoms with E-state index in [-0.39, 0.29) is 30.0 Å². The van der Waals surface area contributed by atoms with Crippen LogP contribution in [0.15, 0.2) is 24.3 Å². The van der Waals surface area contributed by atoms with E-state index in [4.69, 9.17) is 5.26 Å². The van der Waals surface area contributed by atoms with Gasteiger partial charge in [0.05, 0.1) is 24.8 Å². The number of amides is 1. The van der Waals surface area contributed by atoms with Gasteiger partial charge in [-0.25, -0.2) is 4.79 Å². The summed E-state index contributed by atoms with van der Waals surface area (Å²) < 4.78 is 45.3. The number of halogens is 3. The van der Waals surface area contributed by atoms with Crippen molar-refractivity contribution in [1.29, 1.82) is 5.26 Å². The number of nitriles is 1. The van der Waals surface area contributed by atoms with Crippen molar-refractivity contribution >= 4 is 11.9 Å². The van der Waals surface area contributed by atoms with Gasteiger partial charge in [0.1, 0.15) is 12.6 Å². The Bertz CT molecular complexity index is 682. The van der Waals surface area contributed by atoms with Gasteiger partial charge in [-0.15, -0.1) is 0 Å². The molecule has 1 amide bonds. The van der Waals surface area contributed by atoms with Crippen LogP contribution >= 0.6 is 0 Å². The van der Waals surface area contributed by atoms with E-state index < -0.39 is 30.1 Å². The van der Waals surface area contributed by atoms with Crippen LogP contribution in [0.3, 0.4) is 0 Å². The largest absolute Gasteiger partial charge is 0.465 e. The first-order valence-electron chi connectivity index (χ1n) is 8.25. The molecular weight excluding hydrogens is 363 g/mol. The molecule has 6 nitrogen and oxygen atoms in total. The second-order valence-electron chi connectivity index (χ2n) is 6.31. The standard InChI is InChI=1S/C18H22F3N3O3/c1-11(2)10-14(16(25)23-9-8-22)24-15(18(19,20)21)12-4-6-13(7-5-12)17(26)27-3/h4-7,11,14-15,24H,9-10H2,1-3H3,(H,23,25). The average molecular weight is 385 g/mol. The SMILES string of the molecule is COC(=O)c1ccc(C(NC(CC(C)C)C(=O)NCC#N)C(F)(F)F)cc1. The quantitative estimate of drug-likeness (QED) is 0.530. The van der Waals surface area contributed by atoms with Gasteiger partial charge in [-0.05, 0) is 30.0 Å². The summed E-state index contributed by atoms with van der Waals surface area (Å²) in [5.74, 6) is -1.39. The maximum atomic E-state index is 13.6. The summed E-state index contributed by atoms with van der Waals surface area (Å²) in [6, 6.07) is 3.26. The van der Waals surface area contributed by atoms with Crippen LogP contribution in [0.1, 0.15) is 42.2 Å². The summed E-state index contributed by atoms with van der Waals surface area (Å²) >= 11 is 0. The number of ether oxygens (including phenoxy) is 1. The molecule has 1 aromatic carbocycles. The molecule has 0 fully saturated rings. The molecule has 2 atom stereocenters. The van der Waals surface area contributed by atoms with Crippen molar-refractivity contribution in [2.45, 2.75) is 38.5 Å². The van der Waals surface area contributed by atoms with Crippen LogP contribution in [-0.2, 0) is 9.53 Å². The normalized spacial score (nSPS) is 13.6. The summed E-state index contributed by atoms with van der Waals surface area (Å²) in [6.45, 7) is 3.26. The number of carbonyl (C=O) groups is 2. The zero-order chi connectivity index (χ0) is 20.6. The molecule has 0 saturated heterocycles. The second-order valence-corrected chi connectivity index (χ2v) is 6.31. The van der Waals surface area contributed by atoms with E-state index in [1.165, 1.54) is 19.2 Å². The van der Waals surface area contributed by atoms with Crippen LogP contribution in [0.4, 0.5) is 13.2 Å². The Labute approximate surface area is 155 Å². The van der Waals surface area contributed by atoms with Crippen molar-refractivity contribution in [1.82, 2.24) is 10.6 Å². The zero-order valence-corrected chi connectivity index (χ0v) is 15.3. The molecule has 1 rings (SSSR count). The fourth-order valence-electron chi connectivity index (χ4n) is 2.48. The first kappa shape index (κ1) is 22.4. The highest BCUT2D eigenvalue weighted by Crippen LogP contribution is 2.33. The van der Waals surface area contributed by atoms with Crippen molar-refractivity contribution in [3.63, 3.8) is 0 Å². The predicted molar refractivity (Wildman–Crippen MR) is 91.6 cm³/mol. The zero-order valence-electron chi connectivity index (χ0n) is 15.3. The molecule has 0 saturated carbocycles. The van der Waals surface area contributed by atoms with E-state index in [0.717, 1.165) is 12.1 Å². The molecule has 0 heterocycles. The fraction of sp³-hybridized carbons (Fsp3) is 0.500. The minimum atomic E-state index is -4.67. The van der Waals surface area contributed by atoms with E-state index >= 15 is 0 Å². The topological polar surface area (TPSA) is 91.2 Å². The van der Waals surface area contributed by atoms with E-state index in [0.29, 0.717) is 0 Å². The number of nitrogens with zero attached hydrogens (tertiary/aromatic N) is 1. The molecular formula is C18H22F3N3O3. The number of hydrogen-bond acceptors (Lipinski definition) is 5. The molecule has 2 unspecified atom stereocenters. The number of benzene rings is 1. The lowest BCUT2D eigenvalue weighted by molar-refractivity contribution is -0.161. The van der Waals surface area contributed by atoms with Gasteiger partial charge in [-0.3, -0.25) is 10.1 Å². The van der Waals surface area contributed by atoms with Crippen molar-refractivity contribution in [2.75, 3.05) is 13.7 Å². The van der Waals surface area contributed by atoms with Crippen molar-refractivity contribution in [2.24, 2.45) is 5.92 Å². The van der Waals surface area contributed by atoms with Crippen molar-refractivity contribution in [3.05, 3.63) is 35.4 Å². The van der Waals surface area contributed by atoms with E-state index in [1.807, 2.05) is 0 Å². The first-order valence-corrected chi connectivity index (χ1v) is 8.25. The number of esters is 1. The van der Waals surface area contributed by atoms with Gasteiger partial charge >= 0.3 is 12.1 Å². The molecule has 2 N–H and O–H groups in total. The van der Waals surface area contributed by atoms with Gasteiger partial charge in [0.2, 0.25) is 5.91 Å². The predicted octanol–water partition coefficient (Wildman–Crippen LogP) is 2.72. The number of alkyl halides is 3. The summed E-state index contributed by atoms with van der Waals surface area (Å²) in [7, 11) is 1.17. The Morgan fingerprint density at radius 2 is 1.81 bits per heavy atom. The third-order valence-corrected chi connectivity index (χ3v) is 3.73. The third-order valence-electron chi connectivity index (χ3n) is 3.73. The van der Waals surface area contributed by atoms with Crippen molar-refractivity contribution < 1.29 is 27.5 Å². The molecule has 1 aromatic rings. The lowest BCUT2D eigenvalue weighted by atomic mass is 9.99. The van der Waals surface area contributed by atoms with Crippen LogP contribution in [0.2, 0.25) is 0 Å². The van der Waals surface area contributed by atoms with Crippen LogP contribution in [0.25, 0.3) is 0 Å². The number of nitrogens with one attached hydrogen (secondary N) is 2. The fourth-order valence-corrected chi connectivity index (χ4v) is 2.48. The molecule has 0 spiro atoms. The van der Waals surface area contributed by atoms with Crippen molar-refractivity contribution in [3.8, 4) is 6.07 Å². The number of methoxy groups -OCH3 is 1. The van der Waals surface area contributed by atoms with Crippen LogP contribution in [0.5, 0.6) is 0 Å². The maximum absolute atomic E-state index is 13.6. The number of carbonyl (C=O) groups excluding carboxylic acids is 2. The first-order chi connectivity index (χ1) is 12.6. The van der Waals surface area contributed by atoms with Gasteiger partial charge in [0.25, 0.3) is 0 Å². The summed E-state index contributed by atoms with van der Waals surface area (Å²) in [4.78, 5) is 23.6. The molecule has 0 aliphatic carbocycles. The maximum Gasteiger partial charge on any atom is 0.407 e. The van der Waals surface area contributed by atoms with Crippen LogP contribution < -0.4 is 10.6 Å². The monoisotopic (exact) mass is 385 g/mol. The molecule has 0 aromatic heterocycles. The Balaban J connectivity index is 3.12. The van der Waals surface area contributed by atoms with E-state index in [1.54, 1.807) is 19.9 Å². The van der Waals surface area contributed by atoms with Gasteiger partial charge in [-0.2, -0.15) is 18.4 Å². The summed E-state index contributed by atoms with van der Waals surface area (Å²) in [6.07, 6.45) is -4.51. The smallest absolute Gasteiger partial charge is 0.407 e. The summed E-state index contributed by atoms with van der Waals surface area (Å²) in [5.41, 5.74) is -0.0235. The van der Waals surface area contributed by atoms with Crippen LogP contribution in [0, 0.1) is 17.2 Å². The lowest BCUT2D eigenvalue weighted by Crippen LogP contribution is -2.49.